The molecule has 6 nitrogen and oxygen atoms in total. The third-order valence-corrected chi connectivity index (χ3v) is 5.06. The maximum atomic E-state index is 14.5. The minimum Gasteiger partial charge on any atom is -0.497 e. The lowest BCUT2D eigenvalue weighted by molar-refractivity contribution is 0.0974. The van der Waals surface area contributed by atoms with Gasteiger partial charge >= 0.3 is 0 Å². The van der Waals surface area contributed by atoms with Crippen molar-refractivity contribution >= 4 is 17.3 Å². The number of para-hydroxylation sites is 1. The van der Waals surface area contributed by atoms with Crippen LogP contribution >= 0.6 is 0 Å². The number of hydrogen-bond donors (Lipinski definition) is 1. The fraction of sp³-hybridized carbons (Fsp3) is 0.174. The molecule has 1 amide bonds. The minimum atomic E-state index is -0.657. The van der Waals surface area contributed by atoms with Crippen molar-refractivity contribution in [1.82, 2.24) is 0 Å². The number of benzene rings is 3. The number of methoxy groups -OCH3 is 3. The number of carbonyl (C=O) groups excluding carboxylic acids is 1. The Morgan fingerprint density at radius 3 is 2.37 bits per heavy atom. The number of hydrogen-bond acceptors (Lipinski definition) is 5. The third-order valence-electron chi connectivity index (χ3n) is 5.06. The fourth-order valence-electron chi connectivity index (χ4n) is 3.57. The number of anilines is 2. The van der Waals surface area contributed by atoms with Crippen LogP contribution in [0.2, 0.25) is 0 Å². The number of carbonyl (C=O) groups is 1. The number of halogens is 1. The first-order valence-corrected chi connectivity index (χ1v) is 9.32. The summed E-state index contributed by atoms with van der Waals surface area (Å²) in [4.78, 5) is 15.1. The van der Waals surface area contributed by atoms with E-state index in [4.69, 9.17) is 14.2 Å². The van der Waals surface area contributed by atoms with Crippen molar-refractivity contribution in [3.05, 3.63) is 77.6 Å². The lowest BCUT2D eigenvalue weighted by Crippen LogP contribution is -2.43. The molecule has 1 atom stereocenters. The van der Waals surface area contributed by atoms with Crippen molar-refractivity contribution in [2.24, 2.45) is 0 Å². The Morgan fingerprint density at radius 2 is 1.67 bits per heavy atom. The van der Waals surface area contributed by atoms with Gasteiger partial charge in [0.2, 0.25) is 0 Å². The molecule has 4 rings (SSSR count). The molecule has 0 fully saturated rings. The molecule has 3 aromatic rings. The molecule has 0 radical (unpaired) electrons. The molecule has 0 saturated heterocycles. The van der Waals surface area contributed by atoms with Gasteiger partial charge in [0, 0.05) is 11.8 Å². The van der Waals surface area contributed by atoms with Gasteiger partial charge in [-0.1, -0.05) is 18.2 Å². The molecule has 30 heavy (non-hydrogen) atoms. The zero-order chi connectivity index (χ0) is 21.3. The van der Waals surface area contributed by atoms with Crippen molar-refractivity contribution in [2.75, 3.05) is 31.5 Å². The summed E-state index contributed by atoms with van der Waals surface area (Å²) >= 11 is 0. The topological polar surface area (TPSA) is 60.0 Å². The number of nitrogens with zero attached hydrogens (tertiary/aromatic N) is 1. The fourth-order valence-corrected chi connectivity index (χ4v) is 3.57. The van der Waals surface area contributed by atoms with Gasteiger partial charge < -0.3 is 19.5 Å². The first kappa shape index (κ1) is 19.6. The quantitative estimate of drug-likeness (QED) is 0.667. The van der Waals surface area contributed by atoms with E-state index in [0.717, 1.165) is 0 Å². The Balaban J connectivity index is 1.88. The van der Waals surface area contributed by atoms with Crippen LogP contribution in [0.15, 0.2) is 60.7 Å². The molecule has 1 N–H and O–H groups in total. The molecule has 0 aromatic heterocycles. The first-order valence-electron chi connectivity index (χ1n) is 9.32. The smallest absolute Gasteiger partial charge is 0.262 e. The summed E-state index contributed by atoms with van der Waals surface area (Å²) in [6, 6.07) is 17.0. The number of rotatable bonds is 5. The summed E-state index contributed by atoms with van der Waals surface area (Å²) in [5, 5.41) is 3.35. The molecule has 1 unspecified atom stereocenters. The standard InChI is InChI=1S/C23H21FN2O4/c1-28-15-9-10-19(21(13-15)30-3)26-22(14-8-11-20(29-2)17(24)12-14)25-18-7-5-4-6-16(18)23(26)27/h4-13,22,25H,1-3H3. The second kappa shape index (κ2) is 7.94. The SMILES string of the molecule is COc1ccc(N2C(=O)c3ccccc3NC2c2ccc(OC)c(F)c2)c(OC)c1. The van der Waals surface area contributed by atoms with E-state index < -0.39 is 12.0 Å². The van der Waals surface area contributed by atoms with E-state index in [-0.39, 0.29) is 11.7 Å². The van der Waals surface area contributed by atoms with Crippen molar-refractivity contribution in [1.29, 1.82) is 0 Å². The lowest BCUT2D eigenvalue weighted by Gasteiger charge is -2.38. The van der Waals surface area contributed by atoms with Gasteiger partial charge in [-0.2, -0.15) is 0 Å². The van der Waals surface area contributed by atoms with Crippen LogP contribution in [0.5, 0.6) is 17.2 Å². The Hall–Kier alpha value is -3.74. The zero-order valence-electron chi connectivity index (χ0n) is 16.8. The van der Waals surface area contributed by atoms with E-state index in [0.29, 0.717) is 34.0 Å². The summed E-state index contributed by atoms with van der Waals surface area (Å²) in [6.45, 7) is 0. The van der Waals surface area contributed by atoms with Crippen LogP contribution in [-0.2, 0) is 0 Å². The predicted octanol–water partition coefficient (Wildman–Crippen LogP) is 4.62. The molecule has 154 valence electrons. The highest BCUT2D eigenvalue weighted by atomic mass is 19.1. The van der Waals surface area contributed by atoms with Crippen molar-refractivity contribution < 1.29 is 23.4 Å². The molecule has 0 saturated carbocycles. The van der Waals surface area contributed by atoms with Crippen molar-refractivity contribution in [2.45, 2.75) is 6.17 Å². The molecule has 1 heterocycles. The van der Waals surface area contributed by atoms with Crippen LogP contribution in [0, 0.1) is 5.82 Å². The molecular weight excluding hydrogens is 387 g/mol. The van der Waals surface area contributed by atoms with Crippen LogP contribution in [0.3, 0.4) is 0 Å². The molecular formula is C23H21FN2O4. The van der Waals surface area contributed by atoms with Crippen molar-refractivity contribution in [3.8, 4) is 17.2 Å². The number of amides is 1. The van der Waals surface area contributed by atoms with Gasteiger partial charge in [-0.25, -0.2) is 4.39 Å². The van der Waals surface area contributed by atoms with Gasteiger partial charge in [0.05, 0.1) is 32.6 Å². The molecule has 7 heteroatoms. The Morgan fingerprint density at radius 1 is 0.900 bits per heavy atom. The molecule has 1 aliphatic rings. The van der Waals surface area contributed by atoms with Crippen LogP contribution < -0.4 is 24.4 Å². The predicted molar refractivity (Wildman–Crippen MR) is 112 cm³/mol. The van der Waals surface area contributed by atoms with Gasteiger partial charge in [-0.05, 0) is 42.0 Å². The first-order chi connectivity index (χ1) is 14.6. The van der Waals surface area contributed by atoms with Gasteiger partial charge in [0.15, 0.2) is 11.6 Å². The second-order valence-electron chi connectivity index (χ2n) is 6.70. The summed E-state index contributed by atoms with van der Waals surface area (Å²) < 4.78 is 30.3. The maximum Gasteiger partial charge on any atom is 0.262 e. The summed E-state index contributed by atoms with van der Waals surface area (Å²) in [5.41, 5.74) is 2.29. The van der Waals surface area contributed by atoms with E-state index in [1.807, 2.05) is 12.1 Å². The number of nitrogens with one attached hydrogen (secondary N) is 1. The highest BCUT2D eigenvalue weighted by molar-refractivity contribution is 6.12. The largest absolute Gasteiger partial charge is 0.497 e. The summed E-state index contributed by atoms with van der Waals surface area (Å²) in [5.74, 6) is 0.456. The van der Waals surface area contributed by atoms with E-state index in [1.54, 1.807) is 54.5 Å². The average molecular weight is 408 g/mol. The summed E-state index contributed by atoms with van der Waals surface area (Å²) in [7, 11) is 4.49. The highest BCUT2D eigenvalue weighted by Gasteiger charge is 2.36. The molecule has 0 bridgehead atoms. The normalized spacial score (nSPS) is 15.3. The molecule has 3 aromatic carbocycles. The zero-order valence-corrected chi connectivity index (χ0v) is 16.8. The van der Waals surface area contributed by atoms with Gasteiger partial charge in [0.25, 0.3) is 5.91 Å². The van der Waals surface area contributed by atoms with Crippen molar-refractivity contribution in [3.63, 3.8) is 0 Å². The van der Waals surface area contributed by atoms with E-state index in [1.165, 1.54) is 20.3 Å². The highest BCUT2D eigenvalue weighted by Crippen LogP contribution is 2.42. The van der Waals surface area contributed by atoms with Crippen LogP contribution in [0.25, 0.3) is 0 Å². The monoisotopic (exact) mass is 408 g/mol. The van der Waals surface area contributed by atoms with Crippen LogP contribution in [0.4, 0.5) is 15.8 Å². The van der Waals surface area contributed by atoms with E-state index in [9.17, 15) is 9.18 Å². The van der Waals surface area contributed by atoms with Gasteiger partial charge in [-0.3, -0.25) is 9.69 Å². The summed E-state index contributed by atoms with van der Waals surface area (Å²) in [6.07, 6.45) is -0.657. The molecule has 0 spiro atoms. The Labute approximate surface area is 173 Å². The lowest BCUT2D eigenvalue weighted by atomic mass is 10.0. The maximum absolute atomic E-state index is 14.5. The Bertz CT molecular complexity index is 1100. The van der Waals surface area contributed by atoms with E-state index in [2.05, 4.69) is 5.32 Å². The molecule has 1 aliphatic heterocycles. The minimum absolute atomic E-state index is 0.134. The average Bonchev–Trinajstić information content (AvgIpc) is 2.78. The van der Waals surface area contributed by atoms with Gasteiger partial charge in [-0.15, -0.1) is 0 Å². The number of fused-ring (bicyclic) bond motifs is 1. The second-order valence-corrected chi connectivity index (χ2v) is 6.70. The van der Waals surface area contributed by atoms with Crippen LogP contribution in [-0.4, -0.2) is 27.2 Å². The third kappa shape index (κ3) is 3.28. The number of ether oxygens (including phenoxy) is 3. The molecule has 0 aliphatic carbocycles. The Kier molecular flexibility index (Phi) is 5.18. The van der Waals surface area contributed by atoms with Gasteiger partial charge in [0.1, 0.15) is 17.7 Å². The van der Waals surface area contributed by atoms with Crippen LogP contribution in [0.1, 0.15) is 22.1 Å². The van der Waals surface area contributed by atoms with E-state index >= 15 is 0 Å².